The van der Waals surface area contributed by atoms with E-state index in [4.69, 9.17) is 0 Å². The third kappa shape index (κ3) is 3.44. The van der Waals surface area contributed by atoms with Crippen molar-refractivity contribution < 1.29 is 0 Å². The van der Waals surface area contributed by atoms with Gasteiger partial charge in [-0.2, -0.15) is 0 Å². The van der Waals surface area contributed by atoms with Gasteiger partial charge in [0.25, 0.3) is 0 Å². The van der Waals surface area contributed by atoms with E-state index in [1.807, 2.05) is 48.5 Å². The second kappa shape index (κ2) is 6.46. The van der Waals surface area contributed by atoms with Gasteiger partial charge in [0.05, 0.1) is 17.1 Å². The molecule has 3 rings (SSSR count). The van der Waals surface area contributed by atoms with Crippen LogP contribution in [-0.4, -0.2) is 0 Å². The first-order chi connectivity index (χ1) is 10.3. The van der Waals surface area contributed by atoms with E-state index in [0.717, 1.165) is 21.5 Å². The standard InChI is InChI=1S/C18H15BrN2/c19-15-11-13-18(14-12-15)21(17-9-5-2-6-10-17)20-16-7-3-1-4-8-16/h1-14,20H. The summed E-state index contributed by atoms with van der Waals surface area (Å²) in [7, 11) is 0. The van der Waals surface area contributed by atoms with Gasteiger partial charge in [0.2, 0.25) is 0 Å². The lowest BCUT2D eigenvalue weighted by Crippen LogP contribution is -2.24. The highest BCUT2D eigenvalue weighted by atomic mass is 79.9. The van der Waals surface area contributed by atoms with Crippen molar-refractivity contribution in [3.05, 3.63) is 89.4 Å². The van der Waals surface area contributed by atoms with Gasteiger partial charge in [0.15, 0.2) is 0 Å². The topological polar surface area (TPSA) is 15.3 Å². The minimum absolute atomic E-state index is 1.05. The van der Waals surface area contributed by atoms with Gasteiger partial charge in [-0.05, 0) is 48.5 Å². The summed E-state index contributed by atoms with van der Waals surface area (Å²) >= 11 is 3.48. The van der Waals surface area contributed by atoms with Crippen molar-refractivity contribution >= 4 is 33.0 Å². The van der Waals surface area contributed by atoms with Crippen LogP contribution in [0.1, 0.15) is 0 Å². The fraction of sp³-hybridized carbons (Fsp3) is 0. The van der Waals surface area contributed by atoms with Crippen LogP contribution in [0, 0.1) is 0 Å². The number of nitrogens with zero attached hydrogens (tertiary/aromatic N) is 1. The fourth-order valence-corrected chi connectivity index (χ4v) is 2.35. The van der Waals surface area contributed by atoms with Crippen LogP contribution >= 0.6 is 15.9 Å². The number of hydrazine groups is 1. The lowest BCUT2D eigenvalue weighted by molar-refractivity contribution is 1.16. The van der Waals surface area contributed by atoms with Gasteiger partial charge in [-0.3, -0.25) is 10.4 Å². The average molecular weight is 339 g/mol. The summed E-state index contributed by atoms with van der Waals surface area (Å²) in [6.45, 7) is 0. The molecule has 3 aromatic carbocycles. The molecule has 0 fully saturated rings. The molecule has 0 radical (unpaired) electrons. The fourth-order valence-electron chi connectivity index (χ4n) is 2.09. The molecule has 0 unspecified atom stereocenters. The third-order valence-corrected chi connectivity index (χ3v) is 3.64. The van der Waals surface area contributed by atoms with Gasteiger partial charge in [0.1, 0.15) is 0 Å². The number of rotatable bonds is 4. The first kappa shape index (κ1) is 13.7. The van der Waals surface area contributed by atoms with Crippen LogP contribution in [0.2, 0.25) is 0 Å². The molecule has 1 N–H and O–H groups in total. The van der Waals surface area contributed by atoms with Crippen molar-refractivity contribution in [2.45, 2.75) is 0 Å². The molecule has 0 aliphatic heterocycles. The van der Waals surface area contributed by atoms with Crippen molar-refractivity contribution in [2.75, 3.05) is 10.4 Å². The summed E-state index contributed by atoms with van der Waals surface area (Å²) < 4.78 is 1.07. The Morgan fingerprint density at radius 2 is 1.14 bits per heavy atom. The predicted molar refractivity (Wildman–Crippen MR) is 92.8 cm³/mol. The van der Waals surface area contributed by atoms with Gasteiger partial charge >= 0.3 is 0 Å². The van der Waals surface area contributed by atoms with Crippen LogP contribution in [0.5, 0.6) is 0 Å². The van der Waals surface area contributed by atoms with E-state index in [2.05, 4.69) is 62.8 Å². The monoisotopic (exact) mass is 338 g/mol. The van der Waals surface area contributed by atoms with E-state index in [9.17, 15) is 0 Å². The van der Waals surface area contributed by atoms with Gasteiger partial charge in [-0.15, -0.1) is 0 Å². The zero-order valence-corrected chi connectivity index (χ0v) is 13.0. The van der Waals surface area contributed by atoms with E-state index in [-0.39, 0.29) is 0 Å². The largest absolute Gasteiger partial charge is 0.294 e. The Morgan fingerprint density at radius 1 is 0.619 bits per heavy atom. The molecular formula is C18H15BrN2. The first-order valence-corrected chi connectivity index (χ1v) is 7.55. The van der Waals surface area contributed by atoms with Crippen molar-refractivity contribution in [3.8, 4) is 0 Å². The van der Waals surface area contributed by atoms with Gasteiger partial charge in [-0.1, -0.05) is 52.3 Å². The SMILES string of the molecule is Brc1ccc(N(Nc2ccccc2)c2ccccc2)cc1. The summed E-state index contributed by atoms with van der Waals surface area (Å²) in [4.78, 5) is 0. The summed E-state index contributed by atoms with van der Waals surface area (Å²) in [6.07, 6.45) is 0. The lowest BCUT2D eigenvalue weighted by Gasteiger charge is -2.26. The van der Waals surface area contributed by atoms with E-state index >= 15 is 0 Å². The van der Waals surface area contributed by atoms with Gasteiger partial charge in [-0.25, -0.2) is 0 Å². The highest BCUT2D eigenvalue weighted by Crippen LogP contribution is 2.27. The summed E-state index contributed by atoms with van der Waals surface area (Å²) in [6, 6.07) is 28.6. The van der Waals surface area contributed by atoms with E-state index in [1.165, 1.54) is 0 Å². The third-order valence-electron chi connectivity index (χ3n) is 3.11. The molecule has 0 saturated heterocycles. The number of benzene rings is 3. The Hall–Kier alpha value is -2.26. The number of nitrogens with one attached hydrogen (secondary N) is 1. The van der Waals surface area contributed by atoms with Crippen LogP contribution in [0.3, 0.4) is 0 Å². The maximum Gasteiger partial charge on any atom is 0.0631 e. The molecular weight excluding hydrogens is 324 g/mol. The Balaban J connectivity index is 1.97. The van der Waals surface area contributed by atoms with E-state index in [0.29, 0.717) is 0 Å². The molecule has 21 heavy (non-hydrogen) atoms. The summed E-state index contributed by atoms with van der Waals surface area (Å²) in [5.41, 5.74) is 6.66. The molecule has 0 heterocycles. The average Bonchev–Trinajstić information content (AvgIpc) is 2.55. The molecule has 0 aliphatic carbocycles. The zero-order valence-electron chi connectivity index (χ0n) is 11.4. The molecule has 0 atom stereocenters. The number of halogens is 1. The molecule has 0 spiro atoms. The molecule has 3 heteroatoms. The van der Waals surface area contributed by atoms with Crippen molar-refractivity contribution in [1.82, 2.24) is 0 Å². The van der Waals surface area contributed by atoms with E-state index in [1.54, 1.807) is 0 Å². The molecule has 104 valence electrons. The Morgan fingerprint density at radius 3 is 1.76 bits per heavy atom. The second-order valence-electron chi connectivity index (χ2n) is 4.63. The summed E-state index contributed by atoms with van der Waals surface area (Å²) in [5, 5.41) is 2.07. The molecule has 0 saturated carbocycles. The van der Waals surface area contributed by atoms with Crippen LogP contribution < -0.4 is 10.4 Å². The van der Waals surface area contributed by atoms with Crippen molar-refractivity contribution in [3.63, 3.8) is 0 Å². The van der Waals surface area contributed by atoms with Crippen LogP contribution in [-0.2, 0) is 0 Å². The minimum atomic E-state index is 1.05. The molecule has 3 aromatic rings. The van der Waals surface area contributed by atoms with Crippen LogP contribution in [0.15, 0.2) is 89.4 Å². The number of hydrogen-bond donors (Lipinski definition) is 1. The molecule has 0 aliphatic rings. The second-order valence-corrected chi connectivity index (χ2v) is 5.54. The van der Waals surface area contributed by atoms with Crippen LogP contribution in [0.25, 0.3) is 0 Å². The van der Waals surface area contributed by atoms with Gasteiger partial charge in [0, 0.05) is 4.47 Å². The van der Waals surface area contributed by atoms with Crippen molar-refractivity contribution in [1.29, 1.82) is 0 Å². The molecule has 0 bridgehead atoms. The van der Waals surface area contributed by atoms with E-state index < -0.39 is 0 Å². The number of hydrogen-bond acceptors (Lipinski definition) is 2. The summed E-state index contributed by atoms with van der Waals surface area (Å²) in [5.74, 6) is 0. The Labute approximate surface area is 133 Å². The Kier molecular flexibility index (Phi) is 4.22. The number of anilines is 3. The maximum atomic E-state index is 3.48. The predicted octanol–water partition coefficient (Wildman–Crippen LogP) is 5.61. The zero-order chi connectivity index (χ0) is 14.5. The van der Waals surface area contributed by atoms with Crippen LogP contribution in [0.4, 0.5) is 17.1 Å². The Bertz CT molecular complexity index is 681. The highest BCUT2D eigenvalue weighted by molar-refractivity contribution is 9.10. The highest BCUT2D eigenvalue weighted by Gasteiger charge is 2.08. The first-order valence-electron chi connectivity index (χ1n) is 6.75. The lowest BCUT2D eigenvalue weighted by atomic mass is 10.2. The number of para-hydroxylation sites is 2. The quantitative estimate of drug-likeness (QED) is 0.621. The smallest absolute Gasteiger partial charge is 0.0631 e. The molecule has 0 amide bonds. The molecule has 2 nitrogen and oxygen atoms in total. The normalized spacial score (nSPS) is 10.1. The maximum absolute atomic E-state index is 3.48. The van der Waals surface area contributed by atoms with Gasteiger partial charge < -0.3 is 0 Å². The van der Waals surface area contributed by atoms with Crippen molar-refractivity contribution in [2.24, 2.45) is 0 Å². The molecule has 0 aromatic heterocycles. The minimum Gasteiger partial charge on any atom is -0.294 e.